The third-order valence-electron chi connectivity index (χ3n) is 4.21. The SMILES string of the molecule is COc1ccc(C)cc1N=Nc1cc(OC(C)C(=O)O)c2ccccc2c1O. The first kappa shape index (κ1) is 19.2. The van der Waals surface area contributed by atoms with E-state index in [1.165, 1.54) is 20.1 Å². The van der Waals surface area contributed by atoms with Crippen LogP contribution in [0.5, 0.6) is 17.2 Å². The molecule has 0 aliphatic rings. The van der Waals surface area contributed by atoms with Crippen LogP contribution < -0.4 is 9.47 Å². The van der Waals surface area contributed by atoms with Gasteiger partial charge in [0.25, 0.3) is 0 Å². The van der Waals surface area contributed by atoms with Gasteiger partial charge in [0.2, 0.25) is 0 Å². The van der Waals surface area contributed by atoms with Gasteiger partial charge in [0.15, 0.2) is 11.9 Å². The summed E-state index contributed by atoms with van der Waals surface area (Å²) in [4.78, 5) is 11.2. The van der Waals surface area contributed by atoms with Crippen molar-refractivity contribution in [1.82, 2.24) is 0 Å². The molecule has 7 nitrogen and oxygen atoms in total. The van der Waals surface area contributed by atoms with Crippen molar-refractivity contribution in [3.63, 3.8) is 0 Å². The van der Waals surface area contributed by atoms with Crippen LogP contribution in [0, 0.1) is 6.92 Å². The molecule has 0 aromatic heterocycles. The molecule has 0 heterocycles. The molecule has 0 amide bonds. The van der Waals surface area contributed by atoms with E-state index in [0.29, 0.717) is 28.0 Å². The van der Waals surface area contributed by atoms with Crippen molar-refractivity contribution in [3.8, 4) is 17.2 Å². The minimum absolute atomic E-state index is 0.0682. The van der Waals surface area contributed by atoms with Gasteiger partial charge in [-0.1, -0.05) is 30.3 Å². The number of aromatic hydroxyl groups is 1. The molecular weight excluding hydrogens is 360 g/mol. The van der Waals surface area contributed by atoms with E-state index in [1.54, 1.807) is 30.3 Å². The Hall–Kier alpha value is -3.61. The van der Waals surface area contributed by atoms with Crippen LogP contribution in [0.3, 0.4) is 0 Å². The first-order valence-electron chi connectivity index (χ1n) is 8.61. The summed E-state index contributed by atoms with van der Waals surface area (Å²) in [6, 6.07) is 13.9. The first-order chi connectivity index (χ1) is 13.4. The Morgan fingerprint density at radius 3 is 2.36 bits per heavy atom. The number of benzene rings is 3. The number of methoxy groups -OCH3 is 1. The highest BCUT2D eigenvalue weighted by Crippen LogP contribution is 2.42. The topological polar surface area (TPSA) is 101 Å². The number of ether oxygens (including phenoxy) is 2. The molecule has 0 saturated heterocycles. The van der Waals surface area contributed by atoms with Crippen LogP contribution in [0.2, 0.25) is 0 Å². The maximum Gasteiger partial charge on any atom is 0.344 e. The number of carbonyl (C=O) groups is 1. The molecule has 1 atom stereocenters. The van der Waals surface area contributed by atoms with Crippen molar-refractivity contribution in [2.75, 3.05) is 7.11 Å². The molecule has 144 valence electrons. The van der Waals surface area contributed by atoms with Gasteiger partial charge in [0, 0.05) is 16.8 Å². The predicted octanol–water partition coefficient (Wildman–Crippen LogP) is 5.13. The quantitative estimate of drug-likeness (QED) is 0.577. The van der Waals surface area contributed by atoms with Gasteiger partial charge in [-0.3, -0.25) is 0 Å². The number of azo groups is 1. The predicted molar refractivity (Wildman–Crippen MR) is 105 cm³/mol. The fraction of sp³-hybridized carbons (Fsp3) is 0.190. The lowest BCUT2D eigenvalue weighted by atomic mass is 10.1. The van der Waals surface area contributed by atoms with E-state index >= 15 is 0 Å². The Labute approximate surface area is 161 Å². The summed E-state index contributed by atoms with van der Waals surface area (Å²) in [6.45, 7) is 3.36. The van der Waals surface area contributed by atoms with Crippen LogP contribution in [0.1, 0.15) is 12.5 Å². The number of carboxylic acid groups (broad SMARTS) is 1. The van der Waals surface area contributed by atoms with E-state index in [9.17, 15) is 9.90 Å². The molecule has 0 saturated carbocycles. The van der Waals surface area contributed by atoms with Gasteiger partial charge >= 0.3 is 5.97 Å². The largest absolute Gasteiger partial charge is 0.505 e. The Morgan fingerprint density at radius 1 is 1.00 bits per heavy atom. The lowest BCUT2D eigenvalue weighted by Crippen LogP contribution is -2.22. The van der Waals surface area contributed by atoms with E-state index < -0.39 is 12.1 Å². The Kier molecular flexibility index (Phi) is 5.44. The highest BCUT2D eigenvalue weighted by molar-refractivity contribution is 5.97. The monoisotopic (exact) mass is 380 g/mol. The second-order valence-electron chi connectivity index (χ2n) is 6.26. The molecule has 0 aliphatic carbocycles. The fourth-order valence-electron chi connectivity index (χ4n) is 2.71. The molecule has 28 heavy (non-hydrogen) atoms. The zero-order chi connectivity index (χ0) is 20.3. The Balaban J connectivity index is 2.10. The number of phenolic OH excluding ortho intramolecular Hbond substituents is 1. The zero-order valence-electron chi connectivity index (χ0n) is 15.7. The van der Waals surface area contributed by atoms with Gasteiger partial charge in [-0.05, 0) is 31.5 Å². The highest BCUT2D eigenvalue weighted by atomic mass is 16.5. The summed E-state index contributed by atoms with van der Waals surface area (Å²) in [5.74, 6) is -0.315. The van der Waals surface area contributed by atoms with Crippen LogP contribution in [0.4, 0.5) is 11.4 Å². The number of carboxylic acids is 1. The smallest absolute Gasteiger partial charge is 0.344 e. The number of aryl methyl sites for hydroxylation is 1. The van der Waals surface area contributed by atoms with E-state index in [-0.39, 0.29) is 11.4 Å². The van der Waals surface area contributed by atoms with Gasteiger partial charge in [0.1, 0.15) is 22.9 Å². The van der Waals surface area contributed by atoms with Gasteiger partial charge < -0.3 is 19.7 Å². The standard InChI is InChI=1S/C21H20N2O5/c1-12-8-9-18(27-3)16(10-12)22-23-17-11-19(28-13(2)21(25)26)14-6-4-5-7-15(14)20(17)24/h4-11,13,24H,1-3H3,(H,25,26). The maximum absolute atomic E-state index is 11.2. The minimum atomic E-state index is -1.09. The third-order valence-corrected chi connectivity index (χ3v) is 4.21. The van der Waals surface area contributed by atoms with Crippen LogP contribution in [-0.4, -0.2) is 29.4 Å². The van der Waals surface area contributed by atoms with E-state index in [0.717, 1.165) is 5.56 Å². The normalized spacial score (nSPS) is 12.2. The molecule has 3 rings (SSSR count). The zero-order valence-corrected chi connectivity index (χ0v) is 15.7. The summed E-state index contributed by atoms with van der Waals surface area (Å²) >= 11 is 0. The van der Waals surface area contributed by atoms with Crippen LogP contribution >= 0.6 is 0 Å². The molecule has 7 heteroatoms. The van der Waals surface area contributed by atoms with Crippen molar-refractivity contribution in [1.29, 1.82) is 0 Å². The average molecular weight is 380 g/mol. The fourth-order valence-corrected chi connectivity index (χ4v) is 2.71. The number of aliphatic carboxylic acids is 1. The van der Waals surface area contributed by atoms with Gasteiger partial charge in [-0.15, -0.1) is 10.2 Å². The molecule has 3 aromatic carbocycles. The summed E-state index contributed by atoms with van der Waals surface area (Å²) < 4.78 is 10.8. The van der Waals surface area contributed by atoms with Crippen molar-refractivity contribution >= 4 is 28.1 Å². The summed E-state index contributed by atoms with van der Waals surface area (Å²) in [7, 11) is 1.54. The summed E-state index contributed by atoms with van der Waals surface area (Å²) in [5, 5.41) is 29.2. The van der Waals surface area contributed by atoms with Crippen molar-refractivity contribution in [2.24, 2.45) is 10.2 Å². The van der Waals surface area contributed by atoms with Crippen LogP contribution in [-0.2, 0) is 4.79 Å². The van der Waals surface area contributed by atoms with Gasteiger partial charge in [-0.2, -0.15) is 0 Å². The van der Waals surface area contributed by atoms with E-state index in [1.807, 2.05) is 19.1 Å². The van der Waals surface area contributed by atoms with E-state index in [2.05, 4.69) is 10.2 Å². The van der Waals surface area contributed by atoms with E-state index in [4.69, 9.17) is 14.6 Å². The molecule has 2 N–H and O–H groups in total. The molecule has 0 spiro atoms. The van der Waals surface area contributed by atoms with Crippen LogP contribution in [0.25, 0.3) is 10.8 Å². The number of rotatable bonds is 6. The lowest BCUT2D eigenvalue weighted by molar-refractivity contribution is -0.144. The minimum Gasteiger partial charge on any atom is -0.505 e. The highest BCUT2D eigenvalue weighted by Gasteiger charge is 2.18. The summed E-state index contributed by atoms with van der Waals surface area (Å²) in [6.07, 6.45) is -1.06. The third kappa shape index (κ3) is 3.88. The first-order valence-corrected chi connectivity index (χ1v) is 8.61. The number of nitrogens with zero attached hydrogens (tertiary/aromatic N) is 2. The average Bonchev–Trinajstić information content (AvgIpc) is 2.69. The second-order valence-corrected chi connectivity index (χ2v) is 6.26. The maximum atomic E-state index is 11.2. The number of fused-ring (bicyclic) bond motifs is 1. The summed E-state index contributed by atoms with van der Waals surface area (Å²) in [5.41, 5.74) is 1.66. The van der Waals surface area contributed by atoms with Crippen molar-refractivity contribution in [3.05, 3.63) is 54.1 Å². The molecule has 0 radical (unpaired) electrons. The Bertz CT molecular complexity index is 1060. The molecule has 3 aromatic rings. The molecule has 1 unspecified atom stereocenters. The van der Waals surface area contributed by atoms with Crippen molar-refractivity contribution < 1.29 is 24.5 Å². The number of phenols is 1. The number of hydrogen-bond donors (Lipinski definition) is 2. The Morgan fingerprint density at radius 2 is 1.68 bits per heavy atom. The van der Waals surface area contributed by atoms with Crippen LogP contribution in [0.15, 0.2) is 58.8 Å². The second kappa shape index (κ2) is 7.96. The molecule has 0 bridgehead atoms. The van der Waals surface area contributed by atoms with Gasteiger partial charge in [-0.25, -0.2) is 4.79 Å². The lowest BCUT2D eigenvalue weighted by Gasteiger charge is -2.14. The van der Waals surface area contributed by atoms with Crippen molar-refractivity contribution in [2.45, 2.75) is 20.0 Å². The molecular formula is C21H20N2O5. The molecule has 0 fully saturated rings. The van der Waals surface area contributed by atoms with Gasteiger partial charge in [0.05, 0.1) is 7.11 Å². The number of hydrogen-bond acceptors (Lipinski definition) is 6. The molecule has 0 aliphatic heterocycles.